The van der Waals surface area contributed by atoms with Gasteiger partial charge in [-0.15, -0.1) is 0 Å². The van der Waals surface area contributed by atoms with Gasteiger partial charge in [-0.25, -0.2) is 0 Å². The molecule has 4 nitrogen and oxygen atoms in total. The van der Waals surface area contributed by atoms with Crippen LogP contribution in [0.4, 0.5) is 0 Å². The van der Waals surface area contributed by atoms with Crippen LogP contribution in [0.15, 0.2) is 0 Å². The Bertz CT molecular complexity index is 247. The summed E-state index contributed by atoms with van der Waals surface area (Å²) >= 11 is -0.381. The number of hydrogen-bond acceptors (Lipinski definition) is 4. The Hall–Kier alpha value is 1.30. The first-order valence-corrected chi connectivity index (χ1v) is 15.4. The molecule has 0 spiro atoms. The van der Waals surface area contributed by atoms with Crippen molar-refractivity contribution in [2.24, 2.45) is 11.8 Å². The van der Waals surface area contributed by atoms with Crippen molar-refractivity contribution < 1.29 is 51.1 Å². The van der Waals surface area contributed by atoms with Crippen LogP contribution in [0.2, 0.25) is 5.65 Å². The van der Waals surface area contributed by atoms with Crippen LogP contribution < -0.4 is 14.7 Å². The van der Waals surface area contributed by atoms with Crippen molar-refractivity contribution in [1.29, 1.82) is 0 Å². The third-order valence-electron chi connectivity index (χ3n) is 4.09. The third kappa shape index (κ3) is 23.6. The van der Waals surface area contributed by atoms with Gasteiger partial charge in [-0.1, -0.05) is 0 Å². The molecule has 2 atom stereocenters. The van der Waals surface area contributed by atoms with Crippen LogP contribution in [0.1, 0.15) is 79.1 Å². The van der Waals surface area contributed by atoms with Crippen molar-refractivity contribution >= 4 is 7.82 Å². The van der Waals surface area contributed by atoms with Gasteiger partial charge < -0.3 is 19.2 Å². The minimum atomic E-state index is -5.39. The van der Waals surface area contributed by atoms with E-state index in [1.807, 2.05) is 0 Å². The van der Waals surface area contributed by atoms with Crippen molar-refractivity contribution in [2.45, 2.75) is 84.7 Å². The average Bonchev–Trinajstić information content (AvgIpc) is 2.44. The fourth-order valence-electron chi connectivity index (χ4n) is 2.53. The average molecular weight is 460 g/mol. The number of unbranched alkanes of at least 4 members (excludes halogenated alkanes) is 2. The summed E-state index contributed by atoms with van der Waals surface area (Å²) in [6.45, 7) is 9.46. The molecule has 0 aliphatic rings. The van der Waals surface area contributed by atoms with E-state index < -0.39 is 7.82 Å². The van der Waals surface area contributed by atoms with Crippen LogP contribution >= 0.6 is 7.82 Å². The molecule has 0 aliphatic heterocycles. The fourth-order valence-corrected chi connectivity index (χ4v) is 9.67. The summed E-state index contributed by atoms with van der Waals surface area (Å²) < 4.78 is 11.9. The van der Waals surface area contributed by atoms with E-state index in [-0.39, 0.29) is 31.9 Å². The van der Waals surface area contributed by atoms with Gasteiger partial charge in [0, 0.05) is 0 Å². The molecule has 0 aromatic carbocycles. The standard InChI is InChI=1S/2C8H17.La.H3O4P/c2*1-4-6-7-8(3)5-2;;1-5(2,3)4/h2*8H,3-7H2,1-2H3;;(H3,1,2,3,4)/q;;+3;/p-3. The van der Waals surface area contributed by atoms with Crippen molar-refractivity contribution in [2.75, 3.05) is 0 Å². The molecule has 0 amide bonds. The Labute approximate surface area is 154 Å². The zero-order valence-electron chi connectivity index (χ0n) is 14.9. The Kier molecular flexibility index (Phi) is 19.9. The van der Waals surface area contributed by atoms with Crippen molar-refractivity contribution in [3.63, 3.8) is 0 Å². The molecule has 0 fully saturated rings. The topological polar surface area (TPSA) is 86.2 Å². The van der Waals surface area contributed by atoms with Gasteiger partial charge in [0.1, 0.15) is 0 Å². The molecule has 130 valence electrons. The van der Waals surface area contributed by atoms with E-state index in [1.165, 1.54) is 51.4 Å². The van der Waals surface area contributed by atoms with Crippen molar-refractivity contribution in [3.8, 4) is 0 Å². The zero-order chi connectivity index (χ0) is 17.4. The van der Waals surface area contributed by atoms with E-state index in [4.69, 9.17) is 19.2 Å². The first kappa shape index (κ1) is 25.5. The maximum Gasteiger partial charge on any atom is -0.159 e. The van der Waals surface area contributed by atoms with Crippen molar-refractivity contribution in [3.05, 3.63) is 0 Å². The molecule has 0 aromatic rings. The normalized spacial score (nSPS) is 14.3. The monoisotopic (exact) mass is 460 g/mol. The Morgan fingerprint density at radius 2 is 1.14 bits per heavy atom. The van der Waals surface area contributed by atoms with E-state index in [0.29, 0.717) is 0 Å². The Morgan fingerprint density at radius 3 is 1.36 bits per heavy atom. The van der Waals surface area contributed by atoms with E-state index in [1.54, 1.807) is 5.65 Å². The number of hydrogen-bond donors (Lipinski definition) is 0. The molecule has 0 aromatic heterocycles. The summed E-state index contributed by atoms with van der Waals surface area (Å²) in [5, 5.41) is 0. The van der Waals surface area contributed by atoms with Crippen LogP contribution in [0.25, 0.3) is 0 Å². The maximum atomic E-state index is 8.55. The Balaban J connectivity index is 0. The largest absolute Gasteiger partial charge is 0.822 e. The predicted molar refractivity (Wildman–Crippen MR) is 83.8 cm³/mol. The predicted octanol–water partition coefficient (Wildman–Crippen LogP) is 3.52. The summed E-state index contributed by atoms with van der Waals surface area (Å²) in [6, 6.07) is 0. The van der Waals surface area contributed by atoms with Crippen LogP contribution in [0.3, 0.4) is 0 Å². The van der Waals surface area contributed by atoms with Crippen LogP contribution in [-0.2, 0) is 4.57 Å². The van der Waals surface area contributed by atoms with E-state index in [0.717, 1.165) is 11.8 Å². The van der Waals surface area contributed by atoms with Crippen molar-refractivity contribution in [1.82, 2.24) is 0 Å². The molecule has 6 heteroatoms. The molecule has 0 saturated heterocycles. The van der Waals surface area contributed by atoms with Gasteiger partial charge >= 0.3 is 128 Å². The molecule has 0 aliphatic carbocycles. The zero-order valence-corrected chi connectivity index (χ0v) is 19.4. The van der Waals surface area contributed by atoms with Gasteiger partial charge in [-0.05, 0) is 0 Å². The maximum absolute atomic E-state index is 8.55. The van der Waals surface area contributed by atoms with Gasteiger partial charge in [-0.2, -0.15) is 7.82 Å². The number of rotatable bonds is 12. The molecule has 0 heterocycles. The molecule has 0 saturated carbocycles. The molecular weight excluding hydrogens is 426 g/mol. The molecule has 0 N–H and O–H groups in total. The second-order valence-corrected chi connectivity index (χ2v) is 11.7. The summed E-state index contributed by atoms with van der Waals surface area (Å²) in [6.07, 6.45) is 11.7. The minimum absolute atomic E-state index is 0.381. The summed E-state index contributed by atoms with van der Waals surface area (Å²) in [5.74, 6) is 2.21. The van der Waals surface area contributed by atoms with Gasteiger partial charge in [0.25, 0.3) is 0 Å². The Morgan fingerprint density at radius 1 is 0.818 bits per heavy atom. The SMILES string of the molecule is CCCCC(CC)[CH2][La+3][CH2]C(CC)CCCC.O=P([O-])([O-])[O-]. The van der Waals surface area contributed by atoms with Crippen LogP contribution in [0.5, 0.6) is 0 Å². The summed E-state index contributed by atoms with van der Waals surface area (Å²) in [7, 11) is -5.39. The smallest absolute Gasteiger partial charge is 0.159 e. The molecule has 22 heavy (non-hydrogen) atoms. The second kappa shape index (κ2) is 17.1. The quantitative estimate of drug-likeness (QED) is 0.417. The fraction of sp³-hybridized carbons (Fsp3) is 1.00. The van der Waals surface area contributed by atoms with E-state index in [9.17, 15) is 0 Å². The molecule has 0 bridgehead atoms. The third-order valence-corrected chi connectivity index (χ3v) is 10.4. The van der Waals surface area contributed by atoms with Gasteiger partial charge in [0.05, 0.1) is 0 Å². The van der Waals surface area contributed by atoms with Crippen LogP contribution in [0, 0.1) is 43.7 Å². The first-order valence-electron chi connectivity index (χ1n) is 8.82. The summed E-state index contributed by atoms with van der Waals surface area (Å²) in [4.78, 5) is 25.6. The summed E-state index contributed by atoms with van der Waals surface area (Å²) in [5.41, 5.74) is 0. The number of phosphoric acid groups is 1. The molecule has 0 rings (SSSR count). The van der Waals surface area contributed by atoms with Gasteiger partial charge in [-0.3, -0.25) is 0 Å². The van der Waals surface area contributed by atoms with E-state index in [2.05, 4.69) is 27.7 Å². The molecular formula is C16H34LaO4P. The van der Waals surface area contributed by atoms with Gasteiger partial charge in [0.15, 0.2) is 0 Å². The first-order chi connectivity index (χ1) is 10.3. The minimum Gasteiger partial charge on any atom is -0.822 e. The molecule has 2 unspecified atom stereocenters. The van der Waals surface area contributed by atoms with Crippen LogP contribution in [-0.4, -0.2) is 0 Å². The molecule has 0 radical (unpaired) electrons. The second-order valence-electron chi connectivity index (χ2n) is 6.04. The van der Waals surface area contributed by atoms with E-state index >= 15 is 0 Å². The van der Waals surface area contributed by atoms with Gasteiger partial charge in [0.2, 0.25) is 0 Å².